The molecule has 0 heterocycles. The Labute approximate surface area is 246 Å². The number of aryl methyl sites for hydroxylation is 1. The molecule has 0 saturated heterocycles. The largest absolute Gasteiger partial charge is 0.350 e. The number of hydrogen-bond acceptors (Lipinski definition) is 4. The molecule has 218 valence electrons. The van der Waals surface area contributed by atoms with Gasteiger partial charge in [-0.15, -0.1) is 0 Å². The third kappa shape index (κ3) is 8.34. The topological polar surface area (TPSA) is 95.6 Å². The van der Waals surface area contributed by atoms with Gasteiger partial charge in [-0.2, -0.15) is 0 Å². The second-order valence-electron chi connectivity index (χ2n) is 9.81. The van der Waals surface area contributed by atoms with Crippen molar-refractivity contribution in [1.82, 2.24) is 14.9 Å². The van der Waals surface area contributed by atoms with Crippen LogP contribution < -0.4 is 10.0 Å². The molecule has 4 rings (SSSR count). The highest BCUT2D eigenvalue weighted by Gasteiger charge is 2.31. The fourth-order valence-corrected chi connectivity index (χ4v) is 5.64. The number of hydrogen-bond donors (Lipinski definition) is 2. The van der Waals surface area contributed by atoms with E-state index in [2.05, 4.69) is 10.0 Å². The Kier molecular flexibility index (Phi) is 10.6. The Morgan fingerprint density at radius 2 is 1.38 bits per heavy atom. The molecular formula is C33H34FN3O4S. The standard InChI is InChI=1S/C33H34FN3O4S/c1-2-36-42(40,41)30-20-15-25(16-21-30)17-22-31(38)37(24-27-13-18-29(34)19-14-27)32(28-11-7-4-8-12-28)33(39)35-23-26-9-5-3-6-10-26/h3-16,18-21,32,36H,2,17,22-24H2,1H3,(H,35,39). The summed E-state index contributed by atoms with van der Waals surface area (Å²) in [6.45, 7) is 2.38. The Bertz CT molecular complexity index is 1560. The molecule has 0 bridgehead atoms. The van der Waals surface area contributed by atoms with Crippen LogP contribution in [0.4, 0.5) is 4.39 Å². The SMILES string of the molecule is CCNS(=O)(=O)c1ccc(CCC(=O)N(Cc2ccc(F)cc2)C(C(=O)NCc2ccccc2)c2ccccc2)cc1. The van der Waals surface area contributed by atoms with E-state index in [1.165, 1.54) is 29.2 Å². The minimum Gasteiger partial charge on any atom is -0.350 e. The lowest BCUT2D eigenvalue weighted by atomic mass is 10.0. The third-order valence-electron chi connectivity index (χ3n) is 6.77. The maximum Gasteiger partial charge on any atom is 0.247 e. The van der Waals surface area contributed by atoms with Crippen molar-refractivity contribution in [2.24, 2.45) is 0 Å². The molecule has 0 aromatic heterocycles. The summed E-state index contributed by atoms with van der Waals surface area (Å²) in [6.07, 6.45) is 0.420. The van der Waals surface area contributed by atoms with Crippen molar-refractivity contribution < 1.29 is 22.4 Å². The van der Waals surface area contributed by atoms with E-state index in [0.29, 0.717) is 24.1 Å². The van der Waals surface area contributed by atoms with Crippen LogP contribution in [-0.2, 0) is 39.1 Å². The zero-order chi connectivity index (χ0) is 30.0. The summed E-state index contributed by atoms with van der Waals surface area (Å²) in [5.74, 6) is -0.998. The van der Waals surface area contributed by atoms with Gasteiger partial charge in [-0.25, -0.2) is 17.5 Å². The number of amides is 2. The molecule has 7 nitrogen and oxygen atoms in total. The van der Waals surface area contributed by atoms with Crippen LogP contribution in [0.2, 0.25) is 0 Å². The molecule has 2 N–H and O–H groups in total. The molecule has 1 unspecified atom stereocenters. The summed E-state index contributed by atoms with van der Waals surface area (Å²) < 4.78 is 40.7. The predicted molar refractivity (Wildman–Crippen MR) is 160 cm³/mol. The smallest absolute Gasteiger partial charge is 0.247 e. The summed E-state index contributed by atoms with van der Waals surface area (Å²) in [6, 6.07) is 29.9. The first-order valence-corrected chi connectivity index (χ1v) is 15.2. The number of carbonyl (C=O) groups is 2. The van der Waals surface area contributed by atoms with E-state index in [1.807, 2.05) is 48.5 Å². The van der Waals surface area contributed by atoms with Crippen LogP contribution in [0, 0.1) is 5.82 Å². The van der Waals surface area contributed by atoms with Gasteiger partial charge in [0.05, 0.1) is 4.90 Å². The number of benzene rings is 4. The first-order chi connectivity index (χ1) is 20.3. The monoisotopic (exact) mass is 587 g/mol. The minimum absolute atomic E-state index is 0.0792. The molecule has 2 amide bonds. The van der Waals surface area contributed by atoms with Crippen LogP contribution in [0.1, 0.15) is 41.6 Å². The van der Waals surface area contributed by atoms with Gasteiger partial charge < -0.3 is 10.2 Å². The van der Waals surface area contributed by atoms with Gasteiger partial charge in [0.15, 0.2) is 0 Å². The fourth-order valence-electron chi connectivity index (χ4n) is 4.60. The highest BCUT2D eigenvalue weighted by atomic mass is 32.2. The summed E-state index contributed by atoms with van der Waals surface area (Å²) in [5, 5.41) is 2.98. The van der Waals surface area contributed by atoms with Crippen LogP contribution in [0.25, 0.3) is 0 Å². The average Bonchev–Trinajstić information content (AvgIpc) is 3.01. The Morgan fingerprint density at radius 1 is 0.786 bits per heavy atom. The molecule has 0 radical (unpaired) electrons. The molecule has 0 spiro atoms. The van der Waals surface area contributed by atoms with Crippen molar-refractivity contribution >= 4 is 21.8 Å². The van der Waals surface area contributed by atoms with Crippen molar-refractivity contribution in [2.75, 3.05) is 6.54 Å². The third-order valence-corrected chi connectivity index (χ3v) is 8.33. The summed E-state index contributed by atoms with van der Waals surface area (Å²) in [4.78, 5) is 29.3. The molecule has 0 saturated carbocycles. The first-order valence-electron chi connectivity index (χ1n) is 13.8. The van der Waals surface area contributed by atoms with Crippen LogP contribution in [0.5, 0.6) is 0 Å². The van der Waals surface area contributed by atoms with E-state index in [-0.39, 0.29) is 36.2 Å². The molecule has 42 heavy (non-hydrogen) atoms. The number of carbonyl (C=O) groups excluding carboxylic acids is 2. The van der Waals surface area contributed by atoms with E-state index in [4.69, 9.17) is 0 Å². The Hall–Kier alpha value is -4.34. The maximum absolute atomic E-state index is 13.9. The summed E-state index contributed by atoms with van der Waals surface area (Å²) in [5.41, 5.74) is 3.04. The Balaban J connectivity index is 1.59. The molecule has 4 aromatic rings. The first kappa shape index (κ1) is 30.6. The van der Waals surface area contributed by atoms with Gasteiger partial charge in [-0.1, -0.05) is 91.9 Å². The summed E-state index contributed by atoms with van der Waals surface area (Å²) in [7, 11) is -3.58. The van der Waals surface area contributed by atoms with Gasteiger partial charge in [-0.05, 0) is 52.9 Å². The number of halogens is 1. The zero-order valence-electron chi connectivity index (χ0n) is 23.4. The van der Waals surface area contributed by atoms with Gasteiger partial charge in [0, 0.05) is 26.1 Å². The molecular weight excluding hydrogens is 553 g/mol. The molecule has 4 aromatic carbocycles. The Morgan fingerprint density at radius 3 is 2.00 bits per heavy atom. The van der Waals surface area contributed by atoms with Crippen LogP contribution in [0.3, 0.4) is 0 Å². The lowest BCUT2D eigenvalue weighted by Crippen LogP contribution is -2.43. The van der Waals surface area contributed by atoms with Crippen molar-refractivity contribution in [2.45, 2.75) is 43.8 Å². The van der Waals surface area contributed by atoms with E-state index >= 15 is 0 Å². The minimum atomic E-state index is -3.58. The molecule has 9 heteroatoms. The van der Waals surface area contributed by atoms with Gasteiger partial charge >= 0.3 is 0 Å². The molecule has 0 fully saturated rings. The van der Waals surface area contributed by atoms with Gasteiger partial charge in [0.25, 0.3) is 0 Å². The highest BCUT2D eigenvalue weighted by Crippen LogP contribution is 2.26. The van der Waals surface area contributed by atoms with E-state index in [1.54, 1.807) is 43.3 Å². The van der Waals surface area contributed by atoms with Crippen LogP contribution >= 0.6 is 0 Å². The lowest BCUT2D eigenvalue weighted by Gasteiger charge is -2.32. The average molecular weight is 588 g/mol. The number of nitrogens with zero attached hydrogens (tertiary/aromatic N) is 1. The molecule has 0 aliphatic rings. The van der Waals surface area contributed by atoms with Crippen molar-refractivity contribution in [3.8, 4) is 0 Å². The normalized spacial score (nSPS) is 12.0. The number of nitrogens with one attached hydrogen (secondary N) is 2. The van der Waals surface area contributed by atoms with Crippen LogP contribution in [0.15, 0.2) is 114 Å². The number of rotatable bonds is 13. The molecule has 0 aliphatic carbocycles. The second kappa shape index (κ2) is 14.5. The number of sulfonamides is 1. The summed E-state index contributed by atoms with van der Waals surface area (Å²) >= 11 is 0. The van der Waals surface area contributed by atoms with E-state index in [0.717, 1.165) is 11.1 Å². The zero-order valence-corrected chi connectivity index (χ0v) is 24.2. The van der Waals surface area contributed by atoms with Crippen LogP contribution in [-0.4, -0.2) is 31.7 Å². The molecule has 0 aliphatic heterocycles. The van der Waals surface area contributed by atoms with E-state index < -0.39 is 21.9 Å². The predicted octanol–water partition coefficient (Wildman–Crippen LogP) is 5.14. The van der Waals surface area contributed by atoms with Gasteiger partial charge in [-0.3, -0.25) is 9.59 Å². The van der Waals surface area contributed by atoms with Gasteiger partial charge in [0.2, 0.25) is 21.8 Å². The fraction of sp³-hybridized carbons (Fsp3) is 0.212. The quantitative estimate of drug-likeness (QED) is 0.226. The highest BCUT2D eigenvalue weighted by molar-refractivity contribution is 7.89. The molecule has 1 atom stereocenters. The van der Waals surface area contributed by atoms with E-state index in [9.17, 15) is 22.4 Å². The van der Waals surface area contributed by atoms with Gasteiger partial charge in [0.1, 0.15) is 11.9 Å². The van der Waals surface area contributed by atoms with Crippen molar-refractivity contribution in [1.29, 1.82) is 0 Å². The maximum atomic E-state index is 13.9. The lowest BCUT2D eigenvalue weighted by molar-refractivity contribution is -0.141. The van der Waals surface area contributed by atoms with Crippen molar-refractivity contribution in [3.63, 3.8) is 0 Å². The van der Waals surface area contributed by atoms with Crippen molar-refractivity contribution in [3.05, 3.63) is 137 Å². The second-order valence-corrected chi connectivity index (χ2v) is 11.6.